The van der Waals surface area contributed by atoms with Crippen LogP contribution in [0.5, 0.6) is 0 Å². The van der Waals surface area contributed by atoms with Crippen molar-refractivity contribution >= 4 is 23.2 Å². The first-order valence-corrected chi connectivity index (χ1v) is 10.2. The van der Waals surface area contributed by atoms with Gasteiger partial charge in [0.1, 0.15) is 0 Å². The molecule has 4 rings (SSSR count). The zero-order valence-corrected chi connectivity index (χ0v) is 16.4. The van der Waals surface area contributed by atoms with Crippen LogP contribution in [-0.4, -0.2) is 79.0 Å². The van der Waals surface area contributed by atoms with Crippen molar-refractivity contribution in [3.8, 4) is 0 Å². The second-order valence-electron chi connectivity index (χ2n) is 7.80. The van der Waals surface area contributed by atoms with Gasteiger partial charge in [0.05, 0.1) is 29.4 Å². The molecule has 0 spiro atoms. The SMILES string of the molecule is O=C(c1cc([N+](=O)[O-])ccc1N1CCOCC1)N1CCN(C(=O)C2CCC2)CC1. The molecule has 1 saturated carbocycles. The van der Waals surface area contributed by atoms with Crippen molar-refractivity contribution < 1.29 is 19.2 Å². The monoisotopic (exact) mass is 402 g/mol. The van der Waals surface area contributed by atoms with E-state index in [1.165, 1.54) is 12.1 Å². The van der Waals surface area contributed by atoms with Crippen LogP contribution in [0.1, 0.15) is 29.6 Å². The summed E-state index contributed by atoms with van der Waals surface area (Å²) in [6, 6.07) is 4.48. The van der Waals surface area contributed by atoms with Crippen molar-refractivity contribution in [2.45, 2.75) is 19.3 Å². The third kappa shape index (κ3) is 4.05. The molecule has 2 amide bonds. The first-order chi connectivity index (χ1) is 14.0. The van der Waals surface area contributed by atoms with E-state index < -0.39 is 4.92 Å². The molecule has 156 valence electrons. The van der Waals surface area contributed by atoms with Gasteiger partial charge >= 0.3 is 0 Å². The molecule has 3 fully saturated rings. The number of hydrogen-bond acceptors (Lipinski definition) is 6. The highest BCUT2D eigenvalue weighted by Gasteiger charge is 2.33. The quantitative estimate of drug-likeness (QED) is 0.560. The number of carbonyl (C=O) groups is 2. The van der Waals surface area contributed by atoms with Gasteiger partial charge in [-0.05, 0) is 18.9 Å². The molecule has 29 heavy (non-hydrogen) atoms. The van der Waals surface area contributed by atoms with Crippen LogP contribution in [0.4, 0.5) is 11.4 Å². The minimum Gasteiger partial charge on any atom is -0.378 e. The van der Waals surface area contributed by atoms with E-state index in [1.54, 1.807) is 11.0 Å². The number of hydrogen-bond donors (Lipinski definition) is 0. The molecule has 9 nitrogen and oxygen atoms in total. The number of carbonyl (C=O) groups excluding carboxylic acids is 2. The van der Waals surface area contributed by atoms with Gasteiger partial charge in [-0.1, -0.05) is 6.42 Å². The van der Waals surface area contributed by atoms with Crippen molar-refractivity contribution in [2.75, 3.05) is 57.4 Å². The smallest absolute Gasteiger partial charge is 0.270 e. The number of nitro benzene ring substituents is 1. The molecule has 0 atom stereocenters. The molecule has 0 bridgehead atoms. The van der Waals surface area contributed by atoms with Crippen molar-refractivity contribution in [2.24, 2.45) is 5.92 Å². The van der Waals surface area contributed by atoms with Crippen LogP contribution >= 0.6 is 0 Å². The van der Waals surface area contributed by atoms with E-state index in [1.807, 2.05) is 9.80 Å². The molecule has 3 aliphatic rings. The van der Waals surface area contributed by atoms with Crippen LogP contribution in [0.3, 0.4) is 0 Å². The van der Waals surface area contributed by atoms with Gasteiger partial charge in [0.25, 0.3) is 11.6 Å². The average Bonchev–Trinajstić information content (AvgIpc) is 2.72. The Morgan fingerprint density at radius 2 is 1.66 bits per heavy atom. The number of benzene rings is 1. The topological polar surface area (TPSA) is 96.2 Å². The molecule has 1 aliphatic carbocycles. The summed E-state index contributed by atoms with van der Waals surface area (Å²) < 4.78 is 5.38. The predicted octanol–water partition coefficient (Wildman–Crippen LogP) is 1.52. The first kappa shape index (κ1) is 19.6. The van der Waals surface area contributed by atoms with Crippen LogP contribution in [0.2, 0.25) is 0 Å². The number of nitrogens with zero attached hydrogens (tertiary/aromatic N) is 4. The Labute approximate surface area is 169 Å². The Balaban J connectivity index is 1.50. The second kappa shape index (κ2) is 8.36. The van der Waals surface area contributed by atoms with Gasteiger partial charge in [-0.2, -0.15) is 0 Å². The number of anilines is 1. The van der Waals surface area contributed by atoms with Gasteiger partial charge in [0.2, 0.25) is 5.91 Å². The minimum atomic E-state index is -0.477. The lowest BCUT2D eigenvalue weighted by molar-refractivity contribution is -0.384. The Kier molecular flexibility index (Phi) is 5.66. The number of ether oxygens (including phenoxy) is 1. The Morgan fingerprint density at radius 1 is 1.00 bits per heavy atom. The summed E-state index contributed by atoms with van der Waals surface area (Å²) in [7, 11) is 0. The van der Waals surface area contributed by atoms with Crippen molar-refractivity contribution in [3.63, 3.8) is 0 Å². The normalized spacial score (nSPS) is 20.3. The van der Waals surface area contributed by atoms with Gasteiger partial charge in [0, 0.05) is 57.3 Å². The van der Waals surface area contributed by atoms with Crippen molar-refractivity contribution in [3.05, 3.63) is 33.9 Å². The predicted molar refractivity (Wildman–Crippen MR) is 106 cm³/mol. The van der Waals surface area contributed by atoms with E-state index in [9.17, 15) is 19.7 Å². The molecular formula is C20H26N4O5. The molecule has 0 N–H and O–H groups in total. The standard InChI is InChI=1S/C20H26N4O5/c25-19(15-2-1-3-15)22-6-8-23(9-7-22)20(26)17-14-16(24(27)28)4-5-18(17)21-10-12-29-13-11-21/h4-5,14-15H,1-3,6-13H2. The fraction of sp³-hybridized carbons (Fsp3) is 0.600. The molecule has 2 aliphatic heterocycles. The average molecular weight is 402 g/mol. The summed E-state index contributed by atoms with van der Waals surface area (Å²) in [5, 5.41) is 11.3. The number of nitro groups is 1. The molecule has 2 saturated heterocycles. The van der Waals surface area contributed by atoms with Crippen LogP contribution in [0.15, 0.2) is 18.2 Å². The summed E-state index contributed by atoms with van der Waals surface area (Å²) >= 11 is 0. The lowest BCUT2D eigenvalue weighted by atomic mass is 9.84. The number of rotatable bonds is 4. The lowest BCUT2D eigenvalue weighted by Crippen LogP contribution is -2.52. The molecule has 0 radical (unpaired) electrons. The number of piperazine rings is 1. The maximum absolute atomic E-state index is 13.3. The van der Waals surface area contributed by atoms with Gasteiger partial charge in [0.15, 0.2) is 0 Å². The largest absolute Gasteiger partial charge is 0.378 e. The zero-order chi connectivity index (χ0) is 20.4. The van der Waals surface area contributed by atoms with E-state index in [0.29, 0.717) is 63.7 Å². The maximum atomic E-state index is 13.3. The minimum absolute atomic E-state index is 0.0934. The van der Waals surface area contributed by atoms with E-state index in [2.05, 4.69) is 0 Å². The second-order valence-corrected chi connectivity index (χ2v) is 7.80. The van der Waals surface area contributed by atoms with Crippen LogP contribution in [0.25, 0.3) is 0 Å². The highest BCUT2D eigenvalue weighted by molar-refractivity contribution is 6.00. The highest BCUT2D eigenvalue weighted by Crippen LogP contribution is 2.30. The summed E-state index contributed by atoms with van der Waals surface area (Å²) in [5.41, 5.74) is 0.959. The van der Waals surface area contributed by atoms with E-state index in [-0.39, 0.29) is 23.4 Å². The molecular weight excluding hydrogens is 376 g/mol. The molecule has 1 aromatic rings. The van der Waals surface area contributed by atoms with Crippen molar-refractivity contribution in [1.29, 1.82) is 0 Å². The summed E-state index contributed by atoms with van der Waals surface area (Å²) in [5.74, 6) is 0.139. The number of morpholine rings is 1. The third-order valence-electron chi connectivity index (χ3n) is 6.11. The summed E-state index contributed by atoms with van der Waals surface area (Å²) in [6.45, 7) is 4.33. The molecule has 0 aromatic heterocycles. The zero-order valence-electron chi connectivity index (χ0n) is 16.4. The van der Waals surface area contributed by atoms with Crippen LogP contribution < -0.4 is 4.90 Å². The highest BCUT2D eigenvalue weighted by atomic mass is 16.6. The Morgan fingerprint density at radius 3 is 2.24 bits per heavy atom. The summed E-state index contributed by atoms with van der Waals surface area (Å²) in [4.78, 5) is 42.1. The fourth-order valence-electron chi connectivity index (χ4n) is 4.10. The van der Waals surface area contributed by atoms with Crippen LogP contribution in [0, 0.1) is 16.0 Å². The fourth-order valence-corrected chi connectivity index (χ4v) is 4.10. The van der Waals surface area contributed by atoms with Crippen molar-refractivity contribution in [1.82, 2.24) is 9.80 Å². The third-order valence-corrected chi connectivity index (χ3v) is 6.11. The first-order valence-electron chi connectivity index (χ1n) is 10.2. The lowest BCUT2D eigenvalue weighted by Gasteiger charge is -2.38. The molecule has 1 aromatic carbocycles. The number of amides is 2. The molecule has 0 unspecified atom stereocenters. The van der Waals surface area contributed by atoms with Crippen LogP contribution in [-0.2, 0) is 9.53 Å². The van der Waals surface area contributed by atoms with Gasteiger partial charge in [-0.15, -0.1) is 0 Å². The van der Waals surface area contributed by atoms with Gasteiger partial charge in [-0.25, -0.2) is 0 Å². The van der Waals surface area contributed by atoms with E-state index in [0.717, 1.165) is 19.3 Å². The number of non-ortho nitro benzene ring substituents is 1. The van der Waals surface area contributed by atoms with E-state index in [4.69, 9.17) is 4.74 Å². The van der Waals surface area contributed by atoms with E-state index >= 15 is 0 Å². The van der Waals surface area contributed by atoms with Gasteiger partial charge in [-0.3, -0.25) is 19.7 Å². The van der Waals surface area contributed by atoms with Gasteiger partial charge < -0.3 is 19.4 Å². The summed E-state index contributed by atoms with van der Waals surface area (Å²) in [6.07, 6.45) is 3.05. The molecule has 9 heteroatoms. The Hall–Kier alpha value is -2.68. The molecule has 2 heterocycles. The maximum Gasteiger partial charge on any atom is 0.270 e. The Bertz CT molecular complexity index is 796.